The number of nitrogens with zero attached hydrogens (tertiary/aromatic N) is 2. The molecule has 0 radical (unpaired) electrons. The molecule has 1 atom stereocenters. The van der Waals surface area contributed by atoms with Crippen molar-refractivity contribution < 1.29 is 0 Å². The Balaban J connectivity index is 1.61. The highest BCUT2D eigenvalue weighted by atomic mass is 15.0. The van der Waals surface area contributed by atoms with Gasteiger partial charge in [-0.15, -0.1) is 0 Å². The van der Waals surface area contributed by atoms with E-state index >= 15 is 0 Å². The van der Waals surface area contributed by atoms with Crippen LogP contribution >= 0.6 is 0 Å². The molecular formula is C23H22N4. The van der Waals surface area contributed by atoms with Gasteiger partial charge in [0.2, 0.25) is 0 Å². The highest BCUT2D eigenvalue weighted by Crippen LogP contribution is 2.27. The van der Waals surface area contributed by atoms with E-state index in [-0.39, 0.29) is 6.04 Å². The number of nitrogens with one attached hydrogen (secondary N) is 1. The van der Waals surface area contributed by atoms with Gasteiger partial charge < -0.3 is 11.1 Å². The Kier molecular flexibility index (Phi) is 4.57. The molecule has 4 aromatic rings. The molecule has 0 saturated carbocycles. The standard InChI is InChI=1S/C23H22N4/c1-15-12-20-21(13-16(15)2)25-14-26-23(20)27-19-10-8-18(9-11-19)22(24)17-6-4-3-5-7-17/h3-14,22H,24H2,1-2H3,(H,25,26,27)/t22-/m0/s1. The van der Waals surface area contributed by atoms with Crippen molar-refractivity contribution in [2.75, 3.05) is 5.32 Å². The number of hydrogen-bond acceptors (Lipinski definition) is 4. The summed E-state index contributed by atoms with van der Waals surface area (Å²) >= 11 is 0. The zero-order valence-electron chi connectivity index (χ0n) is 15.5. The first-order valence-electron chi connectivity index (χ1n) is 9.01. The number of aryl methyl sites for hydroxylation is 2. The lowest BCUT2D eigenvalue weighted by molar-refractivity contribution is 0.872. The minimum Gasteiger partial charge on any atom is -0.340 e. The molecule has 0 fully saturated rings. The van der Waals surface area contributed by atoms with E-state index in [4.69, 9.17) is 5.73 Å². The van der Waals surface area contributed by atoms with Gasteiger partial charge in [-0.25, -0.2) is 9.97 Å². The van der Waals surface area contributed by atoms with Gasteiger partial charge in [0.1, 0.15) is 12.1 Å². The molecule has 27 heavy (non-hydrogen) atoms. The second-order valence-corrected chi connectivity index (χ2v) is 6.81. The SMILES string of the molecule is Cc1cc2ncnc(Nc3ccc([C@@H](N)c4ccccc4)cc3)c2cc1C. The third-order valence-electron chi connectivity index (χ3n) is 4.94. The van der Waals surface area contributed by atoms with Crippen LogP contribution in [-0.2, 0) is 0 Å². The van der Waals surface area contributed by atoms with Gasteiger partial charge in [-0.2, -0.15) is 0 Å². The summed E-state index contributed by atoms with van der Waals surface area (Å²) in [6.45, 7) is 4.20. The van der Waals surface area contributed by atoms with Crippen LogP contribution in [0.5, 0.6) is 0 Å². The van der Waals surface area contributed by atoms with E-state index in [1.165, 1.54) is 11.1 Å². The van der Waals surface area contributed by atoms with Gasteiger partial charge in [-0.1, -0.05) is 42.5 Å². The summed E-state index contributed by atoms with van der Waals surface area (Å²) in [5, 5.41) is 4.43. The molecule has 0 aliphatic rings. The Bertz CT molecular complexity index is 1070. The molecule has 0 bridgehead atoms. The van der Waals surface area contributed by atoms with Crippen LogP contribution in [0.3, 0.4) is 0 Å². The molecule has 3 N–H and O–H groups in total. The van der Waals surface area contributed by atoms with Crippen molar-refractivity contribution in [1.29, 1.82) is 0 Å². The van der Waals surface area contributed by atoms with Crippen molar-refractivity contribution in [1.82, 2.24) is 9.97 Å². The third kappa shape index (κ3) is 3.52. The van der Waals surface area contributed by atoms with Crippen LogP contribution in [0.1, 0.15) is 28.3 Å². The van der Waals surface area contributed by atoms with E-state index in [2.05, 4.69) is 53.4 Å². The molecule has 134 valence electrons. The van der Waals surface area contributed by atoms with E-state index in [9.17, 15) is 0 Å². The predicted molar refractivity (Wildman–Crippen MR) is 111 cm³/mol. The highest BCUT2D eigenvalue weighted by molar-refractivity contribution is 5.91. The van der Waals surface area contributed by atoms with Crippen LogP contribution in [0.2, 0.25) is 0 Å². The first-order chi connectivity index (χ1) is 13.1. The maximum atomic E-state index is 6.38. The Labute approximate surface area is 159 Å². The molecule has 1 heterocycles. The lowest BCUT2D eigenvalue weighted by Crippen LogP contribution is -2.11. The monoisotopic (exact) mass is 354 g/mol. The molecule has 3 aromatic carbocycles. The lowest BCUT2D eigenvalue weighted by atomic mass is 9.99. The molecular weight excluding hydrogens is 332 g/mol. The van der Waals surface area contributed by atoms with Crippen molar-refractivity contribution in [3.8, 4) is 0 Å². The van der Waals surface area contributed by atoms with Gasteiger partial charge in [-0.3, -0.25) is 0 Å². The van der Waals surface area contributed by atoms with Crippen molar-refractivity contribution >= 4 is 22.4 Å². The number of anilines is 2. The van der Waals surface area contributed by atoms with E-state index in [0.29, 0.717) is 0 Å². The fourth-order valence-corrected chi connectivity index (χ4v) is 3.18. The fraction of sp³-hybridized carbons (Fsp3) is 0.130. The molecule has 0 aliphatic heterocycles. The topological polar surface area (TPSA) is 63.8 Å². The van der Waals surface area contributed by atoms with Crippen LogP contribution in [0.15, 0.2) is 73.1 Å². The number of rotatable bonds is 4. The highest BCUT2D eigenvalue weighted by Gasteiger charge is 2.09. The number of fused-ring (bicyclic) bond motifs is 1. The molecule has 0 saturated heterocycles. The van der Waals surface area contributed by atoms with Crippen molar-refractivity contribution in [2.24, 2.45) is 5.73 Å². The first-order valence-corrected chi connectivity index (χ1v) is 9.01. The maximum Gasteiger partial charge on any atom is 0.141 e. The average molecular weight is 354 g/mol. The second kappa shape index (κ2) is 7.17. The summed E-state index contributed by atoms with van der Waals surface area (Å²) < 4.78 is 0. The summed E-state index contributed by atoms with van der Waals surface area (Å²) in [6, 6.07) is 22.4. The largest absolute Gasteiger partial charge is 0.340 e. The molecule has 0 spiro atoms. The van der Waals surface area contributed by atoms with Crippen LogP contribution in [0.4, 0.5) is 11.5 Å². The minimum atomic E-state index is -0.134. The Hall–Kier alpha value is -3.24. The number of benzene rings is 3. The first kappa shape index (κ1) is 17.2. The maximum absolute atomic E-state index is 6.38. The van der Waals surface area contributed by atoms with Gasteiger partial charge >= 0.3 is 0 Å². The molecule has 4 rings (SSSR count). The Morgan fingerprint density at radius 1 is 0.815 bits per heavy atom. The van der Waals surface area contributed by atoms with Crippen molar-refractivity contribution in [3.63, 3.8) is 0 Å². The fourth-order valence-electron chi connectivity index (χ4n) is 3.18. The molecule has 1 aromatic heterocycles. The van der Waals surface area contributed by atoms with Crippen LogP contribution < -0.4 is 11.1 Å². The third-order valence-corrected chi connectivity index (χ3v) is 4.94. The smallest absolute Gasteiger partial charge is 0.141 e. The predicted octanol–water partition coefficient (Wildman–Crippen LogP) is 5.04. The minimum absolute atomic E-state index is 0.134. The van der Waals surface area contributed by atoms with Crippen molar-refractivity contribution in [2.45, 2.75) is 19.9 Å². The quantitative estimate of drug-likeness (QED) is 0.539. The van der Waals surface area contributed by atoms with Gasteiger partial charge in [0, 0.05) is 11.1 Å². The van der Waals surface area contributed by atoms with Crippen LogP contribution in [0.25, 0.3) is 10.9 Å². The van der Waals surface area contributed by atoms with E-state index in [1.54, 1.807) is 6.33 Å². The van der Waals surface area contributed by atoms with Gasteiger partial charge in [-0.05, 0) is 60.4 Å². The zero-order valence-corrected chi connectivity index (χ0v) is 15.5. The van der Waals surface area contributed by atoms with Crippen LogP contribution in [-0.4, -0.2) is 9.97 Å². The number of aromatic nitrogens is 2. The van der Waals surface area contributed by atoms with E-state index < -0.39 is 0 Å². The van der Waals surface area contributed by atoms with Gasteiger partial charge in [0.25, 0.3) is 0 Å². The van der Waals surface area contributed by atoms with E-state index in [1.807, 2.05) is 42.5 Å². The van der Waals surface area contributed by atoms with Gasteiger partial charge in [0.05, 0.1) is 11.6 Å². The van der Waals surface area contributed by atoms with Crippen molar-refractivity contribution in [3.05, 3.63) is 95.3 Å². The second-order valence-electron chi connectivity index (χ2n) is 6.81. The lowest BCUT2D eigenvalue weighted by Gasteiger charge is -2.14. The zero-order chi connectivity index (χ0) is 18.8. The Morgan fingerprint density at radius 2 is 1.48 bits per heavy atom. The molecule has 4 heteroatoms. The van der Waals surface area contributed by atoms with E-state index in [0.717, 1.165) is 33.5 Å². The van der Waals surface area contributed by atoms with Crippen LogP contribution in [0, 0.1) is 13.8 Å². The summed E-state index contributed by atoms with van der Waals surface area (Å²) in [4.78, 5) is 8.82. The summed E-state index contributed by atoms with van der Waals surface area (Å²) in [5.74, 6) is 0.809. The summed E-state index contributed by atoms with van der Waals surface area (Å²) in [5.41, 5.74) is 12.9. The summed E-state index contributed by atoms with van der Waals surface area (Å²) in [6.07, 6.45) is 1.60. The molecule has 0 amide bonds. The normalized spacial score (nSPS) is 12.1. The number of nitrogens with two attached hydrogens (primary N) is 1. The Morgan fingerprint density at radius 3 is 2.22 bits per heavy atom. The molecule has 0 unspecified atom stereocenters. The summed E-state index contributed by atoms with van der Waals surface area (Å²) in [7, 11) is 0. The average Bonchev–Trinajstić information content (AvgIpc) is 2.70. The van der Waals surface area contributed by atoms with Gasteiger partial charge in [0.15, 0.2) is 0 Å². The number of hydrogen-bond donors (Lipinski definition) is 2. The molecule has 0 aliphatic carbocycles. The molecule has 4 nitrogen and oxygen atoms in total.